The fourth-order valence-electron chi connectivity index (χ4n) is 1.93. The van der Waals surface area contributed by atoms with Crippen LogP contribution in [-0.2, 0) is 0 Å². The maximum atomic E-state index is 12.3. The lowest BCUT2D eigenvalue weighted by Crippen LogP contribution is -2.13. The van der Waals surface area contributed by atoms with Crippen LogP contribution in [0.1, 0.15) is 15.9 Å². The molecule has 0 aliphatic rings. The number of hydrogen-bond donors (Lipinski definition) is 2. The van der Waals surface area contributed by atoms with Gasteiger partial charge in [-0.2, -0.15) is 0 Å². The zero-order chi connectivity index (χ0) is 16.3. The second-order valence-electron chi connectivity index (χ2n) is 4.62. The first-order chi connectivity index (χ1) is 10.4. The van der Waals surface area contributed by atoms with Crippen molar-refractivity contribution in [2.45, 2.75) is 6.92 Å². The van der Waals surface area contributed by atoms with E-state index in [0.29, 0.717) is 0 Å². The van der Waals surface area contributed by atoms with Crippen LogP contribution < -0.4 is 10.1 Å². The highest BCUT2D eigenvalue weighted by atomic mass is 16.6. The molecule has 2 aromatic carbocycles. The average Bonchev–Trinajstić information content (AvgIpc) is 2.50. The normalized spacial score (nSPS) is 10.1. The summed E-state index contributed by atoms with van der Waals surface area (Å²) in [4.78, 5) is 22.5. The van der Waals surface area contributed by atoms with Crippen molar-refractivity contribution < 1.29 is 19.6 Å². The third-order valence-corrected chi connectivity index (χ3v) is 3.04. The van der Waals surface area contributed by atoms with E-state index in [1.54, 1.807) is 12.1 Å². The maximum Gasteiger partial charge on any atom is 0.270 e. The zero-order valence-electron chi connectivity index (χ0n) is 12.0. The number of ether oxygens (including phenoxy) is 1. The highest BCUT2D eigenvalue weighted by Crippen LogP contribution is 2.28. The molecule has 114 valence electrons. The molecule has 0 unspecified atom stereocenters. The lowest BCUT2D eigenvalue weighted by molar-refractivity contribution is -0.384. The number of phenols is 1. The predicted octanol–water partition coefficient (Wildman–Crippen LogP) is 2.87. The van der Waals surface area contributed by atoms with E-state index in [0.717, 1.165) is 11.6 Å². The number of nitro groups is 1. The summed E-state index contributed by atoms with van der Waals surface area (Å²) in [6.45, 7) is 1.81. The molecular formula is C15H14N2O5. The second kappa shape index (κ2) is 6.13. The van der Waals surface area contributed by atoms with Gasteiger partial charge >= 0.3 is 0 Å². The molecule has 2 N–H and O–H groups in total. The van der Waals surface area contributed by atoms with E-state index in [1.807, 2.05) is 6.92 Å². The van der Waals surface area contributed by atoms with Crippen LogP contribution in [0.5, 0.6) is 11.5 Å². The Kier molecular flexibility index (Phi) is 4.26. The number of nitrogens with zero attached hydrogens (tertiary/aromatic N) is 1. The highest BCUT2D eigenvalue weighted by molar-refractivity contribution is 6.07. The van der Waals surface area contributed by atoms with E-state index in [9.17, 15) is 20.0 Å². The van der Waals surface area contributed by atoms with E-state index in [1.165, 1.54) is 25.3 Å². The lowest BCUT2D eigenvalue weighted by Gasteiger charge is -2.11. The number of carbonyl (C=O) groups is 1. The molecule has 0 heterocycles. The van der Waals surface area contributed by atoms with Crippen molar-refractivity contribution >= 4 is 17.3 Å². The summed E-state index contributed by atoms with van der Waals surface area (Å²) in [5.74, 6) is -0.500. The van der Waals surface area contributed by atoms with Crippen LogP contribution in [0.3, 0.4) is 0 Å². The SMILES string of the molecule is COc1ccc([N+](=O)[O-])cc1C(=O)Nc1cc(C)ccc1O. The van der Waals surface area contributed by atoms with Crippen molar-refractivity contribution in [2.75, 3.05) is 12.4 Å². The van der Waals surface area contributed by atoms with E-state index in [2.05, 4.69) is 5.32 Å². The molecule has 2 aromatic rings. The number of aromatic hydroxyl groups is 1. The molecule has 7 heteroatoms. The number of rotatable bonds is 4. The van der Waals surface area contributed by atoms with Crippen LogP contribution in [0.15, 0.2) is 36.4 Å². The van der Waals surface area contributed by atoms with E-state index < -0.39 is 10.8 Å². The molecule has 0 radical (unpaired) electrons. The van der Waals surface area contributed by atoms with Crippen LogP contribution in [0.2, 0.25) is 0 Å². The minimum atomic E-state index is -0.610. The Balaban J connectivity index is 2.38. The van der Waals surface area contributed by atoms with Crippen molar-refractivity contribution in [3.63, 3.8) is 0 Å². The Hall–Kier alpha value is -3.09. The van der Waals surface area contributed by atoms with Gasteiger partial charge in [0, 0.05) is 12.1 Å². The van der Waals surface area contributed by atoms with Gasteiger partial charge in [-0.25, -0.2) is 0 Å². The molecule has 2 rings (SSSR count). The number of hydrogen-bond acceptors (Lipinski definition) is 5. The van der Waals surface area contributed by atoms with Crippen LogP contribution in [0, 0.1) is 17.0 Å². The fourth-order valence-corrected chi connectivity index (χ4v) is 1.93. The van der Waals surface area contributed by atoms with Gasteiger partial charge in [0.25, 0.3) is 11.6 Å². The number of nitrogens with one attached hydrogen (secondary N) is 1. The Bertz CT molecular complexity index is 743. The van der Waals surface area contributed by atoms with Crippen LogP contribution >= 0.6 is 0 Å². The summed E-state index contributed by atoms with van der Waals surface area (Å²) < 4.78 is 5.05. The smallest absolute Gasteiger partial charge is 0.270 e. The number of amides is 1. The highest BCUT2D eigenvalue weighted by Gasteiger charge is 2.18. The molecule has 0 spiro atoms. The predicted molar refractivity (Wildman–Crippen MR) is 80.4 cm³/mol. The molecule has 0 saturated heterocycles. The number of non-ortho nitro benzene ring substituents is 1. The molecule has 7 nitrogen and oxygen atoms in total. The molecular weight excluding hydrogens is 288 g/mol. The average molecular weight is 302 g/mol. The summed E-state index contributed by atoms with van der Waals surface area (Å²) in [7, 11) is 1.36. The molecule has 0 atom stereocenters. The van der Waals surface area contributed by atoms with E-state index in [-0.39, 0.29) is 28.4 Å². The Morgan fingerprint density at radius 2 is 2.00 bits per heavy atom. The van der Waals surface area contributed by atoms with Crippen molar-refractivity contribution in [3.05, 3.63) is 57.6 Å². The third-order valence-electron chi connectivity index (χ3n) is 3.04. The summed E-state index contributed by atoms with van der Waals surface area (Å²) in [5, 5.41) is 23.1. The number of aryl methyl sites for hydroxylation is 1. The van der Waals surface area contributed by atoms with Gasteiger partial charge in [-0.05, 0) is 30.7 Å². The summed E-state index contributed by atoms with van der Waals surface area (Å²) in [6.07, 6.45) is 0. The van der Waals surface area contributed by atoms with Crippen LogP contribution in [-0.4, -0.2) is 23.0 Å². The molecule has 0 saturated carbocycles. The van der Waals surface area contributed by atoms with Gasteiger partial charge in [-0.15, -0.1) is 0 Å². The van der Waals surface area contributed by atoms with Crippen molar-refractivity contribution in [3.8, 4) is 11.5 Å². The standard InChI is InChI=1S/C15H14N2O5/c1-9-3-5-13(18)12(7-9)16-15(19)11-8-10(17(20)21)4-6-14(11)22-2/h3-8,18H,1-2H3,(H,16,19). The quantitative estimate of drug-likeness (QED) is 0.513. The van der Waals surface area contributed by atoms with Gasteiger partial charge in [0.1, 0.15) is 11.5 Å². The number of nitro benzene ring substituents is 1. The topological polar surface area (TPSA) is 102 Å². The molecule has 1 amide bonds. The second-order valence-corrected chi connectivity index (χ2v) is 4.62. The number of carbonyl (C=O) groups excluding carboxylic acids is 1. The summed E-state index contributed by atoms with van der Waals surface area (Å²) in [5.41, 5.74) is 0.856. The number of phenolic OH excluding ortho intramolecular Hbond substituents is 1. The van der Waals surface area contributed by atoms with Crippen LogP contribution in [0.25, 0.3) is 0 Å². The summed E-state index contributed by atoms with van der Waals surface area (Å²) in [6, 6.07) is 8.47. The Labute approximate surface area is 126 Å². The monoisotopic (exact) mass is 302 g/mol. The van der Waals surface area contributed by atoms with Gasteiger partial charge in [-0.1, -0.05) is 6.07 Å². The summed E-state index contributed by atoms with van der Waals surface area (Å²) >= 11 is 0. The van der Waals surface area contributed by atoms with Crippen molar-refractivity contribution in [2.24, 2.45) is 0 Å². The molecule has 0 aliphatic heterocycles. The molecule has 0 bridgehead atoms. The fraction of sp³-hybridized carbons (Fsp3) is 0.133. The first-order valence-corrected chi connectivity index (χ1v) is 6.35. The van der Waals surface area contributed by atoms with Gasteiger partial charge < -0.3 is 15.2 Å². The first-order valence-electron chi connectivity index (χ1n) is 6.35. The minimum Gasteiger partial charge on any atom is -0.506 e. The Morgan fingerprint density at radius 1 is 1.27 bits per heavy atom. The lowest BCUT2D eigenvalue weighted by atomic mass is 10.1. The molecule has 0 aromatic heterocycles. The number of anilines is 1. The minimum absolute atomic E-state index is 0.0117. The molecule has 0 aliphatic carbocycles. The van der Waals surface area contributed by atoms with E-state index in [4.69, 9.17) is 4.74 Å². The number of benzene rings is 2. The van der Waals surface area contributed by atoms with Gasteiger partial charge in [0.2, 0.25) is 0 Å². The zero-order valence-corrected chi connectivity index (χ0v) is 12.0. The largest absolute Gasteiger partial charge is 0.506 e. The molecule has 22 heavy (non-hydrogen) atoms. The van der Waals surface area contributed by atoms with Gasteiger partial charge in [0.05, 0.1) is 23.3 Å². The van der Waals surface area contributed by atoms with Gasteiger partial charge in [0.15, 0.2) is 0 Å². The van der Waals surface area contributed by atoms with Crippen LogP contribution in [0.4, 0.5) is 11.4 Å². The third kappa shape index (κ3) is 3.14. The molecule has 0 fully saturated rings. The number of methoxy groups -OCH3 is 1. The first kappa shape index (κ1) is 15.3. The Morgan fingerprint density at radius 3 is 2.64 bits per heavy atom. The maximum absolute atomic E-state index is 12.3. The van der Waals surface area contributed by atoms with E-state index >= 15 is 0 Å². The van der Waals surface area contributed by atoms with Crippen molar-refractivity contribution in [1.29, 1.82) is 0 Å². The van der Waals surface area contributed by atoms with Gasteiger partial charge in [-0.3, -0.25) is 14.9 Å². The van der Waals surface area contributed by atoms with Crippen molar-refractivity contribution in [1.82, 2.24) is 0 Å².